The molecule has 0 aromatic heterocycles. The first-order chi connectivity index (χ1) is 6.11. The van der Waals surface area contributed by atoms with Crippen molar-refractivity contribution in [2.75, 3.05) is 5.33 Å². The molecule has 1 aliphatic carbocycles. The Morgan fingerprint density at radius 1 is 1.62 bits per heavy atom. The summed E-state index contributed by atoms with van der Waals surface area (Å²) in [6.07, 6.45) is 4.34. The van der Waals surface area contributed by atoms with Gasteiger partial charge >= 0.3 is 0 Å². The summed E-state index contributed by atoms with van der Waals surface area (Å²) in [5, 5.41) is 3.94. The number of amides is 1. The smallest absolute Gasteiger partial charge is 0.223 e. The highest BCUT2D eigenvalue weighted by Crippen LogP contribution is 2.27. The van der Waals surface area contributed by atoms with E-state index < -0.39 is 0 Å². The molecule has 0 aromatic rings. The highest BCUT2D eigenvalue weighted by molar-refractivity contribution is 9.09. The highest BCUT2D eigenvalue weighted by Gasteiger charge is 2.30. The van der Waals surface area contributed by atoms with Gasteiger partial charge in [0, 0.05) is 16.8 Å². The van der Waals surface area contributed by atoms with Gasteiger partial charge in [-0.05, 0) is 26.2 Å². The van der Waals surface area contributed by atoms with E-state index in [0.717, 1.165) is 24.6 Å². The average molecular weight is 248 g/mol. The van der Waals surface area contributed by atoms with Gasteiger partial charge in [0.25, 0.3) is 0 Å². The van der Waals surface area contributed by atoms with E-state index in [1.54, 1.807) is 0 Å². The van der Waals surface area contributed by atoms with Crippen LogP contribution in [-0.2, 0) is 4.79 Å². The zero-order valence-corrected chi connectivity index (χ0v) is 9.99. The topological polar surface area (TPSA) is 29.1 Å². The first kappa shape index (κ1) is 11.0. The lowest BCUT2D eigenvalue weighted by Gasteiger charge is -2.32. The van der Waals surface area contributed by atoms with Gasteiger partial charge in [0.15, 0.2) is 0 Å². The maximum atomic E-state index is 11.6. The van der Waals surface area contributed by atoms with Crippen LogP contribution in [0.4, 0.5) is 0 Å². The lowest BCUT2D eigenvalue weighted by atomic mass is 9.84. The third-order valence-corrected chi connectivity index (χ3v) is 4.21. The van der Waals surface area contributed by atoms with Crippen molar-refractivity contribution in [3.05, 3.63) is 0 Å². The molecule has 13 heavy (non-hydrogen) atoms. The first-order valence-electron chi connectivity index (χ1n) is 4.99. The predicted octanol–water partition coefficient (Wildman–Crippen LogP) is 2.47. The second kappa shape index (κ2) is 4.45. The van der Waals surface area contributed by atoms with Crippen LogP contribution in [0.1, 0.15) is 39.5 Å². The maximum Gasteiger partial charge on any atom is 0.223 e. The Hall–Kier alpha value is -0.0500. The van der Waals surface area contributed by atoms with Crippen LogP contribution in [0, 0.1) is 5.92 Å². The molecule has 1 aliphatic rings. The number of hydrogen-bond acceptors (Lipinski definition) is 1. The lowest BCUT2D eigenvalue weighted by Crippen LogP contribution is -2.50. The molecule has 1 N–H and O–H groups in total. The van der Waals surface area contributed by atoms with Crippen LogP contribution in [0.5, 0.6) is 0 Å². The van der Waals surface area contributed by atoms with Gasteiger partial charge in [-0.2, -0.15) is 0 Å². The van der Waals surface area contributed by atoms with E-state index in [0.29, 0.717) is 5.92 Å². The van der Waals surface area contributed by atoms with Crippen molar-refractivity contribution in [2.24, 2.45) is 5.92 Å². The number of carbonyl (C=O) groups excluding carboxylic acids is 1. The molecule has 76 valence electrons. The van der Waals surface area contributed by atoms with Crippen molar-refractivity contribution in [1.82, 2.24) is 5.32 Å². The van der Waals surface area contributed by atoms with Crippen molar-refractivity contribution in [3.8, 4) is 0 Å². The van der Waals surface area contributed by atoms with Crippen molar-refractivity contribution in [3.63, 3.8) is 0 Å². The largest absolute Gasteiger partial charge is 0.350 e. The van der Waals surface area contributed by atoms with Crippen LogP contribution in [0.2, 0.25) is 0 Å². The normalized spacial score (nSPS) is 21.8. The van der Waals surface area contributed by atoms with Crippen LogP contribution >= 0.6 is 15.9 Å². The quantitative estimate of drug-likeness (QED) is 0.761. The Morgan fingerprint density at radius 2 is 2.23 bits per heavy atom. The van der Waals surface area contributed by atoms with E-state index in [1.165, 1.54) is 6.42 Å². The summed E-state index contributed by atoms with van der Waals surface area (Å²) < 4.78 is 0. The fraction of sp³-hybridized carbons (Fsp3) is 0.900. The van der Waals surface area contributed by atoms with Gasteiger partial charge in [0.1, 0.15) is 0 Å². The van der Waals surface area contributed by atoms with Gasteiger partial charge in [-0.15, -0.1) is 0 Å². The average Bonchev–Trinajstić information content (AvgIpc) is 2.01. The molecular weight excluding hydrogens is 230 g/mol. The van der Waals surface area contributed by atoms with E-state index in [2.05, 4.69) is 35.1 Å². The second-order valence-corrected chi connectivity index (χ2v) is 4.73. The lowest BCUT2D eigenvalue weighted by molar-refractivity contribution is -0.129. The monoisotopic (exact) mass is 247 g/mol. The highest BCUT2D eigenvalue weighted by atomic mass is 79.9. The molecule has 0 heterocycles. The first-order valence-corrected chi connectivity index (χ1v) is 6.11. The zero-order chi connectivity index (χ0) is 9.90. The molecule has 0 spiro atoms. The number of hydrogen-bond donors (Lipinski definition) is 1. The summed E-state index contributed by atoms with van der Waals surface area (Å²) in [5.41, 5.74) is -0.0628. The van der Waals surface area contributed by atoms with Gasteiger partial charge < -0.3 is 5.32 Å². The predicted molar refractivity (Wildman–Crippen MR) is 58.0 cm³/mol. The minimum atomic E-state index is -0.0628. The molecule has 1 atom stereocenters. The van der Waals surface area contributed by atoms with Crippen LogP contribution < -0.4 is 5.32 Å². The van der Waals surface area contributed by atoms with Crippen LogP contribution in [0.3, 0.4) is 0 Å². The molecule has 2 nitrogen and oxygen atoms in total. The molecule has 1 saturated carbocycles. The van der Waals surface area contributed by atoms with Gasteiger partial charge in [-0.3, -0.25) is 4.79 Å². The molecule has 0 aliphatic heterocycles. The van der Waals surface area contributed by atoms with Gasteiger partial charge in [-0.25, -0.2) is 0 Å². The standard InChI is InChI=1S/C10H18BrNO/c1-3-10(2,7-11)12-9(13)8-5-4-6-8/h8H,3-7H2,1-2H3,(H,12,13). The van der Waals surface area contributed by atoms with E-state index in [1.807, 2.05) is 0 Å². The summed E-state index contributed by atoms with van der Waals surface area (Å²) in [5.74, 6) is 0.542. The fourth-order valence-electron chi connectivity index (χ4n) is 1.29. The summed E-state index contributed by atoms with van der Waals surface area (Å²) in [7, 11) is 0. The van der Waals surface area contributed by atoms with E-state index in [-0.39, 0.29) is 11.4 Å². The molecule has 3 heteroatoms. The van der Waals surface area contributed by atoms with E-state index >= 15 is 0 Å². The second-order valence-electron chi connectivity index (χ2n) is 4.16. The summed E-state index contributed by atoms with van der Waals surface area (Å²) in [6.45, 7) is 4.18. The van der Waals surface area contributed by atoms with Crippen molar-refractivity contribution in [2.45, 2.75) is 45.1 Å². The summed E-state index contributed by atoms with van der Waals surface area (Å²) in [4.78, 5) is 11.6. The number of halogens is 1. The third kappa shape index (κ3) is 2.70. The zero-order valence-electron chi connectivity index (χ0n) is 8.40. The maximum absolute atomic E-state index is 11.6. The minimum absolute atomic E-state index is 0.0628. The Kier molecular flexibility index (Phi) is 3.77. The summed E-state index contributed by atoms with van der Waals surface area (Å²) in [6, 6.07) is 0. The molecule has 1 unspecified atom stereocenters. The molecule has 0 saturated heterocycles. The SMILES string of the molecule is CCC(C)(CBr)NC(=O)C1CCC1. The Labute approximate surface area is 88.6 Å². The number of carbonyl (C=O) groups is 1. The van der Waals surface area contributed by atoms with Crippen molar-refractivity contribution < 1.29 is 4.79 Å². The van der Waals surface area contributed by atoms with Gasteiger partial charge in [-0.1, -0.05) is 29.3 Å². The molecule has 0 bridgehead atoms. The third-order valence-electron chi connectivity index (χ3n) is 2.98. The molecule has 1 fully saturated rings. The molecule has 1 amide bonds. The minimum Gasteiger partial charge on any atom is -0.350 e. The van der Waals surface area contributed by atoms with Gasteiger partial charge in [0.2, 0.25) is 5.91 Å². The molecule has 1 rings (SSSR count). The molecular formula is C10H18BrNO. The van der Waals surface area contributed by atoms with Crippen LogP contribution in [0.25, 0.3) is 0 Å². The van der Waals surface area contributed by atoms with Crippen LogP contribution in [-0.4, -0.2) is 16.8 Å². The van der Waals surface area contributed by atoms with Crippen molar-refractivity contribution >= 4 is 21.8 Å². The van der Waals surface area contributed by atoms with Crippen LogP contribution in [0.15, 0.2) is 0 Å². The molecule has 0 radical (unpaired) electrons. The van der Waals surface area contributed by atoms with Gasteiger partial charge in [0.05, 0.1) is 0 Å². The van der Waals surface area contributed by atoms with E-state index in [9.17, 15) is 4.79 Å². The Morgan fingerprint density at radius 3 is 2.54 bits per heavy atom. The number of nitrogens with one attached hydrogen (secondary N) is 1. The van der Waals surface area contributed by atoms with E-state index in [4.69, 9.17) is 0 Å². The Bertz CT molecular complexity index is 185. The summed E-state index contributed by atoms with van der Waals surface area (Å²) >= 11 is 3.43. The number of alkyl halides is 1. The Balaban J connectivity index is 2.40. The molecule has 0 aromatic carbocycles. The number of rotatable bonds is 4. The fourth-order valence-corrected chi connectivity index (χ4v) is 1.82. The van der Waals surface area contributed by atoms with Crippen molar-refractivity contribution in [1.29, 1.82) is 0 Å².